The molecule has 3 heteroatoms. The molecule has 1 N–H and O–H groups in total. The van der Waals surface area contributed by atoms with Gasteiger partial charge in [-0.25, -0.2) is 0 Å². The van der Waals surface area contributed by atoms with E-state index >= 15 is 0 Å². The van der Waals surface area contributed by atoms with Crippen molar-refractivity contribution in [2.45, 2.75) is 39.7 Å². The first-order valence-electron chi connectivity index (χ1n) is 6.64. The van der Waals surface area contributed by atoms with Crippen molar-refractivity contribution in [1.82, 2.24) is 0 Å². The van der Waals surface area contributed by atoms with Gasteiger partial charge in [0.05, 0.1) is 12.7 Å². The van der Waals surface area contributed by atoms with Crippen molar-refractivity contribution in [3.05, 3.63) is 29.3 Å². The Kier molecular flexibility index (Phi) is 6.76. The molecule has 1 atom stereocenters. The van der Waals surface area contributed by atoms with Gasteiger partial charge in [0, 0.05) is 6.61 Å². The van der Waals surface area contributed by atoms with Crippen LogP contribution in [0.1, 0.15) is 43.9 Å². The first-order valence-corrected chi connectivity index (χ1v) is 6.64. The summed E-state index contributed by atoms with van der Waals surface area (Å²) >= 11 is 0. The normalized spacial score (nSPS) is 12.4. The van der Waals surface area contributed by atoms with Gasteiger partial charge in [-0.15, -0.1) is 0 Å². The second-order valence-electron chi connectivity index (χ2n) is 4.52. The summed E-state index contributed by atoms with van der Waals surface area (Å²) in [5, 5.41) is 9.47. The fourth-order valence-electron chi connectivity index (χ4n) is 1.65. The molecule has 1 aromatic carbocycles. The number of ether oxygens (including phenoxy) is 2. The smallest absolute Gasteiger partial charge is 0.122 e. The zero-order valence-corrected chi connectivity index (χ0v) is 11.6. The van der Waals surface area contributed by atoms with Gasteiger partial charge in [-0.2, -0.15) is 0 Å². The van der Waals surface area contributed by atoms with Gasteiger partial charge in [-0.3, -0.25) is 0 Å². The number of aliphatic hydroxyl groups is 1. The number of unbranched alkanes of at least 4 members (excludes halogenated alkanes) is 1. The summed E-state index contributed by atoms with van der Waals surface area (Å²) in [6, 6.07) is 5.76. The Morgan fingerprint density at radius 3 is 2.61 bits per heavy atom. The molecule has 0 heterocycles. The SMILES string of the molecule is CCCCOCCOc1ccc(C(C)O)cc1C. The van der Waals surface area contributed by atoms with Crippen LogP contribution in [0, 0.1) is 6.92 Å². The van der Waals surface area contributed by atoms with Gasteiger partial charge < -0.3 is 14.6 Å². The van der Waals surface area contributed by atoms with E-state index in [-0.39, 0.29) is 0 Å². The molecule has 0 aliphatic carbocycles. The minimum absolute atomic E-state index is 0.435. The first kappa shape index (κ1) is 15.0. The molecule has 102 valence electrons. The van der Waals surface area contributed by atoms with Crippen molar-refractivity contribution >= 4 is 0 Å². The summed E-state index contributed by atoms with van der Waals surface area (Å²) in [4.78, 5) is 0. The summed E-state index contributed by atoms with van der Waals surface area (Å²) < 4.78 is 11.1. The van der Waals surface area contributed by atoms with Crippen molar-refractivity contribution in [2.24, 2.45) is 0 Å². The average molecular weight is 252 g/mol. The van der Waals surface area contributed by atoms with Gasteiger partial charge in [0.1, 0.15) is 12.4 Å². The van der Waals surface area contributed by atoms with Gasteiger partial charge in [-0.05, 0) is 43.5 Å². The molecule has 1 unspecified atom stereocenters. The Balaban J connectivity index is 2.34. The van der Waals surface area contributed by atoms with Gasteiger partial charge in [-0.1, -0.05) is 19.4 Å². The van der Waals surface area contributed by atoms with Crippen molar-refractivity contribution in [2.75, 3.05) is 19.8 Å². The Bertz CT molecular complexity index is 348. The third-order valence-electron chi connectivity index (χ3n) is 2.81. The molecule has 0 radical (unpaired) electrons. The molecule has 0 bridgehead atoms. The standard InChI is InChI=1S/C15H24O3/c1-4-5-8-17-9-10-18-15-7-6-14(13(3)16)11-12(15)2/h6-7,11,13,16H,4-5,8-10H2,1-3H3. The largest absolute Gasteiger partial charge is 0.491 e. The van der Waals surface area contributed by atoms with Crippen LogP contribution < -0.4 is 4.74 Å². The molecule has 1 rings (SSSR count). The highest BCUT2D eigenvalue weighted by Gasteiger charge is 2.04. The maximum Gasteiger partial charge on any atom is 0.122 e. The second-order valence-corrected chi connectivity index (χ2v) is 4.52. The maximum atomic E-state index is 9.47. The zero-order valence-electron chi connectivity index (χ0n) is 11.6. The van der Waals surface area contributed by atoms with Crippen molar-refractivity contribution in [3.8, 4) is 5.75 Å². The topological polar surface area (TPSA) is 38.7 Å². The van der Waals surface area contributed by atoms with Gasteiger partial charge >= 0.3 is 0 Å². The van der Waals surface area contributed by atoms with E-state index < -0.39 is 6.10 Å². The van der Waals surface area contributed by atoms with Crippen LogP contribution in [0.25, 0.3) is 0 Å². The molecule has 0 saturated heterocycles. The highest BCUT2D eigenvalue weighted by molar-refractivity contribution is 5.36. The number of hydrogen-bond acceptors (Lipinski definition) is 3. The Morgan fingerprint density at radius 1 is 1.22 bits per heavy atom. The molecule has 0 amide bonds. The predicted molar refractivity (Wildman–Crippen MR) is 73.0 cm³/mol. The van der Waals surface area contributed by atoms with Crippen LogP contribution in [0.3, 0.4) is 0 Å². The number of hydrogen-bond donors (Lipinski definition) is 1. The second kappa shape index (κ2) is 8.11. The van der Waals surface area contributed by atoms with E-state index in [1.165, 1.54) is 0 Å². The summed E-state index contributed by atoms with van der Waals surface area (Å²) in [7, 11) is 0. The van der Waals surface area contributed by atoms with E-state index in [2.05, 4.69) is 6.92 Å². The van der Waals surface area contributed by atoms with Crippen LogP contribution in [-0.4, -0.2) is 24.9 Å². The Labute approximate surface area is 110 Å². The van der Waals surface area contributed by atoms with Crippen molar-refractivity contribution in [1.29, 1.82) is 0 Å². The van der Waals surface area contributed by atoms with Crippen LogP contribution in [-0.2, 0) is 4.74 Å². The van der Waals surface area contributed by atoms with Crippen LogP contribution in [0.4, 0.5) is 0 Å². The van der Waals surface area contributed by atoms with Gasteiger partial charge in [0.2, 0.25) is 0 Å². The van der Waals surface area contributed by atoms with Crippen molar-refractivity contribution in [3.63, 3.8) is 0 Å². The van der Waals surface area contributed by atoms with Crippen LogP contribution in [0.5, 0.6) is 5.75 Å². The number of aliphatic hydroxyl groups excluding tert-OH is 1. The predicted octanol–water partition coefficient (Wildman–Crippen LogP) is 3.24. The molecule has 0 spiro atoms. The molecule has 1 aromatic rings. The molecule has 3 nitrogen and oxygen atoms in total. The lowest BCUT2D eigenvalue weighted by molar-refractivity contribution is 0.0978. The number of benzene rings is 1. The number of aryl methyl sites for hydroxylation is 1. The fourth-order valence-corrected chi connectivity index (χ4v) is 1.65. The summed E-state index contributed by atoms with van der Waals surface area (Å²) in [6.45, 7) is 7.89. The van der Waals surface area contributed by atoms with Crippen molar-refractivity contribution < 1.29 is 14.6 Å². The lowest BCUT2D eigenvalue weighted by Gasteiger charge is -2.12. The molecule has 0 fully saturated rings. The molecular weight excluding hydrogens is 228 g/mol. The molecule has 0 aromatic heterocycles. The molecular formula is C15H24O3. The summed E-state index contributed by atoms with van der Waals surface area (Å²) in [5.74, 6) is 0.860. The van der Waals surface area contributed by atoms with Gasteiger partial charge in [0.15, 0.2) is 0 Å². The first-order chi connectivity index (χ1) is 8.65. The van der Waals surface area contributed by atoms with E-state index in [9.17, 15) is 5.11 Å². The monoisotopic (exact) mass is 252 g/mol. The average Bonchev–Trinajstić information content (AvgIpc) is 2.35. The van der Waals surface area contributed by atoms with E-state index in [1.807, 2.05) is 25.1 Å². The van der Waals surface area contributed by atoms with Crippen LogP contribution in [0.15, 0.2) is 18.2 Å². The lowest BCUT2D eigenvalue weighted by atomic mass is 10.1. The molecule has 0 saturated carbocycles. The highest BCUT2D eigenvalue weighted by atomic mass is 16.5. The van der Waals surface area contributed by atoms with E-state index in [0.717, 1.165) is 36.3 Å². The van der Waals surface area contributed by atoms with E-state index in [1.54, 1.807) is 6.92 Å². The minimum atomic E-state index is -0.435. The van der Waals surface area contributed by atoms with Crippen LogP contribution in [0.2, 0.25) is 0 Å². The minimum Gasteiger partial charge on any atom is -0.491 e. The van der Waals surface area contributed by atoms with Crippen LogP contribution >= 0.6 is 0 Å². The number of rotatable bonds is 8. The third kappa shape index (κ3) is 5.07. The summed E-state index contributed by atoms with van der Waals surface area (Å²) in [5.41, 5.74) is 1.96. The van der Waals surface area contributed by atoms with Gasteiger partial charge in [0.25, 0.3) is 0 Å². The third-order valence-corrected chi connectivity index (χ3v) is 2.81. The zero-order chi connectivity index (χ0) is 13.4. The summed E-state index contributed by atoms with van der Waals surface area (Å²) in [6.07, 6.45) is 1.82. The molecule has 18 heavy (non-hydrogen) atoms. The quantitative estimate of drug-likeness (QED) is 0.722. The lowest BCUT2D eigenvalue weighted by Crippen LogP contribution is -2.08. The highest BCUT2D eigenvalue weighted by Crippen LogP contribution is 2.22. The molecule has 0 aliphatic rings. The van der Waals surface area contributed by atoms with E-state index in [4.69, 9.17) is 9.47 Å². The fraction of sp³-hybridized carbons (Fsp3) is 0.600. The van der Waals surface area contributed by atoms with E-state index in [0.29, 0.717) is 13.2 Å². The Hall–Kier alpha value is -1.06. The Morgan fingerprint density at radius 2 is 2.00 bits per heavy atom. The maximum absolute atomic E-state index is 9.47. The molecule has 0 aliphatic heterocycles.